The van der Waals surface area contributed by atoms with Crippen molar-refractivity contribution in [3.63, 3.8) is 0 Å². The molecule has 1 saturated heterocycles. The van der Waals surface area contributed by atoms with Gasteiger partial charge in [-0.15, -0.1) is 0 Å². The first-order chi connectivity index (χ1) is 15.4. The first-order valence-corrected chi connectivity index (χ1v) is 10.7. The number of Topliss-reactive ketones (excluding diaryl/α,β-unsaturated/α-hetero) is 1. The first kappa shape index (κ1) is 21.7. The minimum absolute atomic E-state index is 0.00429. The monoisotopic (exact) mass is 437 g/mol. The largest absolute Gasteiger partial charge is 0.507 e. The fourth-order valence-corrected chi connectivity index (χ4v) is 4.77. The number of aryl methyl sites for hydroxylation is 1. The van der Waals surface area contributed by atoms with E-state index in [1.54, 1.807) is 29.2 Å². The fraction of sp³-hybridized carbons (Fsp3) is 0.360. The molecule has 2 aliphatic rings. The number of likely N-dealkylation sites (tertiary alicyclic amines) is 1. The fourth-order valence-electron chi connectivity index (χ4n) is 4.77. The molecule has 7 nitrogen and oxygen atoms in total. The zero-order chi connectivity index (χ0) is 23.0. The normalized spacial score (nSPS) is 20.7. The number of ketones is 1. The Bertz CT molecular complexity index is 1100. The Hall–Kier alpha value is -3.48. The molecule has 1 unspecified atom stereocenters. The number of ether oxygens (including phenoxy) is 2. The number of phenols is 1. The number of amides is 1. The van der Waals surface area contributed by atoms with Crippen LogP contribution < -0.4 is 9.47 Å². The van der Waals surface area contributed by atoms with Crippen LogP contribution in [0.5, 0.6) is 17.2 Å². The summed E-state index contributed by atoms with van der Waals surface area (Å²) in [5.74, 6) is -1.08. The van der Waals surface area contributed by atoms with Crippen molar-refractivity contribution in [2.75, 3.05) is 14.2 Å². The average molecular weight is 437 g/mol. The number of carbonyl (C=O) groups excluding carboxylic acids is 2. The molecule has 0 bridgehead atoms. The Kier molecular flexibility index (Phi) is 5.82. The topological polar surface area (TPSA) is 96.3 Å². The maximum absolute atomic E-state index is 13.2. The van der Waals surface area contributed by atoms with E-state index in [4.69, 9.17) is 9.47 Å². The van der Waals surface area contributed by atoms with Crippen LogP contribution in [0.4, 0.5) is 0 Å². The molecule has 2 fully saturated rings. The van der Waals surface area contributed by atoms with Gasteiger partial charge < -0.3 is 24.6 Å². The van der Waals surface area contributed by atoms with Gasteiger partial charge in [0, 0.05) is 6.04 Å². The number of hydrogen-bond acceptors (Lipinski definition) is 6. The standard InChI is InChI=1S/C25H27NO6/c1-14-8-10-19(31-2)17(12-14)23(28)21-22(15-9-11-20(32-3)18(27)13-15)26(25(30)24(21)29)16-6-4-5-7-16/h8-13,16,22,27-28H,4-7H2,1-3H3/b23-21+. The number of aromatic hydroxyl groups is 1. The Morgan fingerprint density at radius 3 is 2.28 bits per heavy atom. The molecule has 7 heteroatoms. The Morgan fingerprint density at radius 2 is 1.66 bits per heavy atom. The van der Waals surface area contributed by atoms with Crippen LogP contribution in [-0.2, 0) is 9.59 Å². The predicted octanol–water partition coefficient (Wildman–Crippen LogP) is 4.08. The molecule has 168 valence electrons. The van der Waals surface area contributed by atoms with Gasteiger partial charge >= 0.3 is 0 Å². The summed E-state index contributed by atoms with van der Waals surface area (Å²) in [6.45, 7) is 1.87. The SMILES string of the molecule is COc1ccc(C2/C(=C(\O)c3cc(C)ccc3OC)C(=O)C(=O)N2C2CCCC2)cc1O. The quantitative estimate of drug-likeness (QED) is 0.416. The van der Waals surface area contributed by atoms with E-state index in [2.05, 4.69) is 0 Å². The molecule has 1 atom stereocenters. The van der Waals surface area contributed by atoms with E-state index in [9.17, 15) is 19.8 Å². The summed E-state index contributed by atoms with van der Waals surface area (Å²) in [7, 11) is 2.93. The molecule has 0 spiro atoms. The van der Waals surface area contributed by atoms with Gasteiger partial charge in [0.05, 0.1) is 31.4 Å². The molecule has 0 aromatic heterocycles. The van der Waals surface area contributed by atoms with Crippen LogP contribution in [0.1, 0.15) is 48.4 Å². The number of methoxy groups -OCH3 is 2. The number of benzene rings is 2. The second-order valence-electron chi connectivity index (χ2n) is 8.28. The summed E-state index contributed by atoms with van der Waals surface area (Å²) in [6.07, 6.45) is 3.53. The molecule has 1 heterocycles. The third-order valence-electron chi connectivity index (χ3n) is 6.33. The third-order valence-corrected chi connectivity index (χ3v) is 6.33. The van der Waals surface area contributed by atoms with Crippen molar-refractivity contribution in [2.24, 2.45) is 0 Å². The van der Waals surface area contributed by atoms with Crippen LogP contribution in [0.15, 0.2) is 42.0 Å². The molecule has 1 aliphatic carbocycles. The maximum atomic E-state index is 13.2. The van der Waals surface area contributed by atoms with E-state index < -0.39 is 17.7 Å². The molecule has 32 heavy (non-hydrogen) atoms. The molecule has 4 rings (SSSR count). The Balaban J connectivity index is 1.94. The maximum Gasteiger partial charge on any atom is 0.295 e. The minimum atomic E-state index is -0.819. The Morgan fingerprint density at radius 1 is 1.00 bits per heavy atom. The van der Waals surface area contributed by atoms with E-state index in [1.165, 1.54) is 20.3 Å². The molecule has 0 radical (unpaired) electrons. The highest BCUT2D eigenvalue weighted by Crippen LogP contribution is 2.45. The summed E-state index contributed by atoms with van der Waals surface area (Å²) in [5, 5.41) is 21.7. The lowest BCUT2D eigenvalue weighted by atomic mass is 9.93. The van der Waals surface area contributed by atoms with Gasteiger partial charge in [-0.3, -0.25) is 9.59 Å². The number of aliphatic hydroxyl groups is 1. The van der Waals surface area contributed by atoms with Gasteiger partial charge in [0.1, 0.15) is 11.5 Å². The van der Waals surface area contributed by atoms with E-state index in [-0.39, 0.29) is 28.9 Å². The first-order valence-electron chi connectivity index (χ1n) is 10.7. The summed E-state index contributed by atoms with van der Waals surface area (Å²) in [5.41, 5.74) is 1.74. The van der Waals surface area contributed by atoms with Crippen molar-refractivity contribution in [3.05, 3.63) is 58.7 Å². The highest BCUT2D eigenvalue weighted by atomic mass is 16.5. The number of phenolic OH excluding ortho intramolecular Hbond substituents is 1. The number of aliphatic hydroxyl groups excluding tert-OH is 1. The smallest absolute Gasteiger partial charge is 0.295 e. The molecular weight excluding hydrogens is 410 g/mol. The minimum Gasteiger partial charge on any atom is -0.507 e. The lowest BCUT2D eigenvalue weighted by Crippen LogP contribution is -2.37. The van der Waals surface area contributed by atoms with Crippen LogP contribution in [0.2, 0.25) is 0 Å². The highest BCUT2D eigenvalue weighted by Gasteiger charge is 2.49. The van der Waals surface area contributed by atoms with Crippen LogP contribution in [0.3, 0.4) is 0 Å². The van der Waals surface area contributed by atoms with Gasteiger partial charge in [-0.05, 0) is 49.6 Å². The summed E-state index contributed by atoms with van der Waals surface area (Å²) < 4.78 is 10.5. The highest BCUT2D eigenvalue weighted by molar-refractivity contribution is 6.46. The average Bonchev–Trinajstić information content (AvgIpc) is 3.40. The second-order valence-corrected chi connectivity index (χ2v) is 8.28. The van der Waals surface area contributed by atoms with Gasteiger partial charge in [0.15, 0.2) is 11.5 Å². The van der Waals surface area contributed by atoms with E-state index >= 15 is 0 Å². The lowest BCUT2D eigenvalue weighted by Gasteiger charge is -2.31. The van der Waals surface area contributed by atoms with Crippen LogP contribution in [0, 0.1) is 6.92 Å². The summed E-state index contributed by atoms with van der Waals surface area (Å²) in [6, 6.07) is 9.13. The van der Waals surface area contributed by atoms with E-state index in [0.717, 1.165) is 31.2 Å². The summed E-state index contributed by atoms with van der Waals surface area (Å²) in [4.78, 5) is 28.0. The lowest BCUT2D eigenvalue weighted by molar-refractivity contribution is -0.141. The van der Waals surface area contributed by atoms with E-state index in [1.807, 2.05) is 13.0 Å². The van der Waals surface area contributed by atoms with Crippen molar-refractivity contribution >= 4 is 17.4 Å². The molecule has 2 N–H and O–H groups in total. The van der Waals surface area contributed by atoms with Crippen LogP contribution in [-0.4, -0.2) is 47.1 Å². The van der Waals surface area contributed by atoms with Gasteiger partial charge in [0.2, 0.25) is 0 Å². The number of nitrogens with zero attached hydrogens (tertiary/aromatic N) is 1. The van der Waals surface area contributed by atoms with Crippen molar-refractivity contribution in [1.82, 2.24) is 4.90 Å². The van der Waals surface area contributed by atoms with E-state index in [0.29, 0.717) is 16.9 Å². The zero-order valence-corrected chi connectivity index (χ0v) is 18.4. The van der Waals surface area contributed by atoms with Gasteiger partial charge in [-0.2, -0.15) is 0 Å². The zero-order valence-electron chi connectivity index (χ0n) is 18.4. The molecular formula is C25H27NO6. The second kappa shape index (κ2) is 8.57. The van der Waals surface area contributed by atoms with Crippen LogP contribution >= 0.6 is 0 Å². The Labute approximate surface area is 186 Å². The number of carbonyl (C=O) groups is 2. The molecule has 1 amide bonds. The summed E-state index contributed by atoms with van der Waals surface area (Å²) >= 11 is 0. The van der Waals surface area contributed by atoms with Crippen molar-refractivity contribution in [3.8, 4) is 17.2 Å². The predicted molar refractivity (Wildman–Crippen MR) is 119 cm³/mol. The van der Waals surface area contributed by atoms with Gasteiger partial charge in [0.25, 0.3) is 11.7 Å². The van der Waals surface area contributed by atoms with Crippen LogP contribution in [0.25, 0.3) is 5.76 Å². The third kappa shape index (κ3) is 3.57. The molecule has 2 aromatic rings. The van der Waals surface area contributed by atoms with Crippen molar-refractivity contribution < 1.29 is 29.3 Å². The van der Waals surface area contributed by atoms with Crippen molar-refractivity contribution in [2.45, 2.75) is 44.7 Å². The molecule has 1 saturated carbocycles. The molecule has 2 aromatic carbocycles. The number of rotatable bonds is 5. The number of hydrogen-bond donors (Lipinski definition) is 2. The van der Waals surface area contributed by atoms with Crippen molar-refractivity contribution in [1.29, 1.82) is 0 Å². The molecule has 1 aliphatic heterocycles. The van der Waals surface area contributed by atoms with Gasteiger partial charge in [-0.25, -0.2) is 0 Å². The van der Waals surface area contributed by atoms with Gasteiger partial charge in [-0.1, -0.05) is 30.5 Å².